The number of furan rings is 1. The number of likely N-dealkylation sites (tertiary alicyclic amines) is 1. The topological polar surface area (TPSA) is 42.4 Å². The second kappa shape index (κ2) is 6.05. The van der Waals surface area contributed by atoms with Crippen LogP contribution in [-0.4, -0.2) is 23.1 Å². The van der Waals surface area contributed by atoms with Crippen molar-refractivity contribution in [1.82, 2.24) is 10.1 Å². The number of nitrogens with zero attached hydrogens (tertiary/aromatic N) is 2. The normalized spacial score (nSPS) is 18.6. The summed E-state index contributed by atoms with van der Waals surface area (Å²) in [7, 11) is 0. The highest BCUT2D eigenvalue weighted by Crippen LogP contribution is 2.29. The fourth-order valence-electron chi connectivity index (χ4n) is 3.20. The summed E-state index contributed by atoms with van der Waals surface area (Å²) < 4.78 is 11.3. The molecule has 0 bridgehead atoms. The maximum Gasteiger partial charge on any atom is 0.141 e. The SMILES string of the molecule is Cc1ccc(-c2ccc(CN3CCC(c4ccno4)C3)o2)cc1. The Bertz CT molecular complexity index is 759. The first-order valence-electron chi connectivity index (χ1n) is 8.06. The minimum atomic E-state index is 0.448. The van der Waals surface area contributed by atoms with Crippen LogP contribution in [0.25, 0.3) is 11.3 Å². The van der Waals surface area contributed by atoms with Gasteiger partial charge in [0.05, 0.1) is 12.7 Å². The molecule has 4 nitrogen and oxygen atoms in total. The van der Waals surface area contributed by atoms with Crippen LogP contribution in [0.5, 0.6) is 0 Å². The van der Waals surface area contributed by atoms with Gasteiger partial charge in [-0.05, 0) is 32.0 Å². The Morgan fingerprint density at radius 1 is 1.13 bits per heavy atom. The Balaban J connectivity index is 1.41. The molecule has 3 aromatic rings. The first-order chi connectivity index (χ1) is 11.3. The van der Waals surface area contributed by atoms with Crippen molar-refractivity contribution in [2.75, 3.05) is 13.1 Å². The van der Waals surface area contributed by atoms with Crippen LogP contribution in [0, 0.1) is 6.92 Å². The lowest BCUT2D eigenvalue weighted by Gasteiger charge is -2.13. The lowest BCUT2D eigenvalue weighted by Crippen LogP contribution is -2.19. The van der Waals surface area contributed by atoms with E-state index in [1.807, 2.05) is 6.07 Å². The predicted molar refractivity (Wildman–Crippen MR) is 88.0 cm³/mol. The maximum absolute atomic E-state index is 6.02. The molecule has 4 heteroatoms. The Kier molecular flexibility index (Phi) is 3.75. The molecule has 4 rings (SSSR count). The van der Waals surface area contributed by atoms with Crippen molar-refractivity contribution in [1.29, 1.82) is 0 Å². The van der Waals surface area contributed by atoms with Crippen molar-refractivity contribution in [3.63, 3.8) is 0 Å². The highest BCUT2D eigenvalue weighted by atomic mass is 16.5. The van der Waals surface area contributed by atoms with Gasteiger partial charge in [-0.2, -0.15) is 0 Å². The molecule has 0 radical (unpaired) electrons. The second-order valence-electron chi connectivity index (χ2n) is 6.27. The minimum absolute atomic E-state index is 0.448. The quantitative estimate of drug-likeness (QED) is 0.723. The highest BCUT2D eigenvalue weighted by Gasteiger charge is 2.26. The predicted octanol–water partition coefficient (Wildman–Crippen LogP) is 4.23. The lowest BCUT2D eigenvalue weighted by molar-refractivity contribution is 0.287. The van der Waals surface area contributed by atoms with Crippen LogP contribution in [0.1, 0.15) is 29.4 Å². The molecule has 23 heavy (non-hydrogen) atoms. The Morgan fingerprint density at radius 3 is 2.78 bits per heavy atom. The fraction of sp³-hybridized carbons (Fsp3) is 0.316. The van der Waals surface area contributed by atoms with E-state index >= 15 is 0 Å². The van der Waals surface area contributed by atoms with Crippen molar-refractivity contribution in [2.45, 2.75) is 25.8 Å². The molecule has 0 amide bonds. The largest absolute Gasteiger partial charge is 0.460 e. The molecule has 1 unspecified atom stereocenters. The van der Waals surface area contributed by atoms with Gasteiger partial charge >= 0.3 is 0 Å². The first-order valence-corrected chi connectivity index (χ1v) is 8.06. The Hall–Kier alpha value is -2.33. The monoisotopic (exact) mass is 308 g/mol. The lowest BCUT2D eigenvalue weighted by atomic mass is 10.1. The molecule has 1 aliphatic rings. The van der Waals surface area contributed by atoms with Gasteiger partial charge in [-0.1, -0.05) is 35.0 Å². The minimum Gasteiger partial charge on any atom is -0.460 e. The fourth-order valence-corrected chi connectivity index (χ4v) is 3.20. The summed E-state index contributed by atoms with van der Waals surface area (Å²) >= 11 is 0. The van der Waals surface area contributed by atoms with Crippen LogP contribution in [-0.2, 0) is 6.54 Å². The summed E-state index contributed by atoms with van der Waals surface area (Å²) in [6.07, 6.45) is 2.83. The number of hydrogen-bond acceptors (Lipinski definition) is 4. The Morgan fingerprint density at radius 2 is 2.00 bits per heavy atom. The van der Waals surface area contributed by atoms with Crippen LogP contribution in [0.15, 0.2) is 57.6 Å². The van der Waals surface area contributed by atoms with Gasteiger partial charge in [-0.3, -0.25) is 4.90 Å². The van der Waals surface area contributed by atoms with Crippen LogP contribution in [0.4, 0.5) is 0 Å². The van der Waals surface area contributed by atoms with Crippen molar-refractivity contribution in [2.24, 2.45) is 0 Å². The van der Waals surface area contributed by atoms with Gasteiger partial charge in [0.1, 0.15) is 17.3 Å². The van der Waals surface area contributed by atoms with Crippen LogP contribution >= 0.6 is 0 Å². The average molecular weight is 308 g/mol. The number of aromatic nitrogens is 1. The zero-order valence-corrected chi connectivity index (χ0v) is 13.2. The molecule has 0 aliphatic carbocycles. The van der Waals surface area contributed by atoms with Crippen LogP contribution in [0.3, 0.4) is 0 Å². The summed E-state index contributed by atoms with van der Waals surface area (Å²) in [5.41, 5.74) is 2.39. The van der Waals surface area contributed by atoms with E-state index in [4.69, 9.17) is 8.94 Å². The third kappa shape index (κ3) is 3.08. The Labute approximate surface area is 135 Å². The van der Waals surface area contributed by atoms with Gasteiger partial charge in [-0.15, -0.1) is 0 Å². The van der Waals surface area contributed by atoms with E-state index in [0.29, 0.717) is 5.92 Å². The molecule has 0 N–H and O–H groups in total. The van der Waals surface area contributed by atoms with Crippen molar-refractivity contribution in [3.8, 4) is 11.3 Å². The van der Waals surface area contributed by atoms with E-state index in [0.717, 1.165) is 48.9 Å². The van der Waals surface area contributed by atoms with Crippen LogP contribution in [0.2, 0.25) is 0 Å². The van der Waals surface area contributed by atoms with Crippen molar-refractivity contribution < 1.29 is 8.94 Å². The number of hydrogen-bond donors (Lipinski definition) is 0. The molecular weight excluding hydrogens is 288 g/mol. The first kappa shape index (κ1) is 14.3. The molecule has 0 saturated carbocycles. The molecule has 3 heterocycles. The molecule has 1 atom stereocenters. The summed E-state index contributed by atoms with van der Waals surface area (Å²) in [5, 5.41) is 3.81. The van der Waals surface area contributed by atoms with Gasteiger partial charge < -0.3 is 8.94 Å². The van der Waals surface area contributed by atoms with Crippen molar-refractivity contribution >= 4 is 0 Å². The van der Waals surface area contributed by atoms with E-state index in [9.17, 15) is 0 Å². The smallest absolute Gasteiger partial charge is 0.141 e. The zero-order valence-electron chi connectivity index (χ0n) is 13.2. The van der Waals surface area contributed by atoms with E-state index in [-0.39, 0.29) is 0 Å². The van der Waals surface area contributed by atoms with E-state index in [2.05, 4.69) is 53.4 Å². The average Bonchev–Trinajstić information content (AvgIpc) is 3.29. The van der Waals surface area contributed by atoms with E-state index in [1.165, 1.54) is 5.56 Å². The van der Waals surface area contributed by atoms with Gasteiger partial charge in [0.15, 0.2) is 0 Å². The maximum atomic E-state index is 6.02. The molecule has 1 aliphatic heterocycles. The standard InChI is InChI=1S/C19H20N2O2/c1-14-2-4-15(5-3-14)18-7-6-17(22-18)13-21-11-9-16(12-21)19-8-10-20-23-19/h2-8,10,16H,9,11-13H2,1H3. The molecule has 1 fully saturated rings. The van der Waals surface area contributed by atoms with E-state index < -0.39 is 0 Å². The van der Waals surface area contributed by atoms with Gasteiger partial charge in [0.25, 0.3) is 0 Å². The molecule has 1 aromatic carbocycles. The number of aryl methyl sites for hydroxylation is 1. The second-order valence-corrected chi connectivity index (χ2v) is 6.27. The summed E-state index contributed by atoms with van der Waals surface area (Å²) in [5.74, 6) is 3.39. The van der Waals surface area contributed by atoms with E-state index in [1.54, 1.807) is 6.20 Å². The number of benzene rings is 1. The zero-order chi connectivity index (χ0) is 15.6. The highest BCUT2D eigenvalue weighted by molar-refractivity contribution is 5.57. The molecule has 2 aromatic heterocycles. The molecular formula is C19H20N2O2. The third-order valence-corrected chi connectivity index (χ3v) is 4.51. The van der Waals surface area contributed by atoms with Gasteiger partial charge in [-0.25, -0.2) is 0 Å². The molecule has 1 saturated heterocycles. The summed E-state index contributed by atoms with van der Waals surface area (Å²) in [6.45, 7) is 4.99. The summed E-state index contributed by atoms with van der Waals surface area (Å²) in [4.78, 5) is 2.41. The number of rotatable bonds is 4. The molecule has 0 spiro atoms. The van der Waals surface area contributed by atoms with Crippen LogP contribution < -0.4 is 0 Å². The van der Waals surface area contributed by atoms with Gasteiger partial charge in [0.2, 0.25) is 0 Å². The third-order valence-electron chi connectivity index (χ3n) is 4.51. The van der Waals surface area contributed by atoms with Crippen molar-refractivity contribution in [3.05, 3.63) is 65.7 Å². The molecule has 118 valence electrons. The summed E-state index contributed by atoms with van der Waals surface area (Å²) in [6, 6.07) is 14.5. The van der Waals surface area contributed by atoms with Gasteiger partial charge in [0, 0.05) is 24.1 Å².